The fraction of sp³-hybridized carbons (Fsp3) is 0.545. The van der Waals surface area contributed by atoms with Gasteiger partial charge < -0.3 is 4.90 Å². The second kappa shape index (κ2) is 5.66. The number of thiazole rings is 1. The quantitative estimate of drug-likeness (QED) is 0.608. The summed E-state index contributed by atoms with van der Waals surface area (Å²) in [6.45, 7) is 9.08. The van der Waals surface area contributed by atoms with E-state index in [1.807, 2.05) is 11.6 Å². The molecule has 0 spiro atoms. The van der Waals surface area contributed by atoms with Gasteiger partial charge in [0.25, 0.3) is 0 Å². The summed E-state index contributed by atoms with van der Waals surface area (Å²) >= 11 is 7.44. The van der Waals surface area contributed by atoms with E-state index in [4.69, 9.17) is 11.6 Å². The molecule has 2 heterocycles. The number of rotatable bonds is 4. The first-order valence-electron chi connectivity index (χ1n) is 5.39. The highest BCUT2D eigenvalue weighted by atomic mass is 35.5. The molecule has 0 N–H and O–H groups in total. The smallest absolute Gasteiger partial charge is 0.185 e. The van der Waals surface area contributed by atoms with Crippen LogP contribution in [0.1, 0.15) is 0 Å². The standard InChI is InChI=1S/C11H16ClN3S/c1-10(8-12)9-14-3-5-15(6-4-14)11-13-2-7-16-11/h2,7H,1,3-6,8-9H2. The van der Waals surface area contributed by atoms with Gasteiger partial charge in [0.05, 0.1) is 0 Å². The van der Waals surface area contributed by atoms with Crippen LogP contribution in [0.5, 0.6) is 0 Å². The van der Waals surface area contributed by atoms with Crippen LogP contribution in [0.3, 0.4) is 0 Å². The third-order valence-electron chi connectivity index (χ3n) is 2.70. The van der Waals surface area contributed by atoms with Gasteiger partial charge in [-0.15, -0.1) is 22.9 Å². The van der Waals surface area contributed by atoms with Crippen molar-refractivity contribution in [1.29, 1.82) is 0 Å². The Hall–Kier alpha value is -0.580. The van der Waals surface area contributed by atoms with Gasteiger partial charge in [0, 0.05) is 50.2 Å². The number of halogens is 1. The van der Waals surface area contributed by atoms with Gasteiger partial charge in [-0.3, -0.25) is 4.90 Å². The number of alkyl halides is 1. The van der Waals surface area contributed by atoms with E-state index < -0.39 is 0 Å². The van der Waals surface area contributed by atoms with E-state index >= 15 is 0 Å². The lowest BCUT2D eigenvalue weighted by atomic mass is 10.2. The molecular weight excluding hydrogens is 242 g/mol. The number of anilines is 1. The Balaban J connectivity index is 1.81. The van der Waals surface area contributed by atoms with Crippen molar-refractivity contribution in [1.82, 2.24) is 9.88 Å². The Bertz CT molecular complexity index is 331. The second-order valence-corrected chi connectivity index (χ2v) is 5.10. The summed E-state index contributed by atoms with van der Waals surface area (Å²) in [5.74, 6) is 0.562. The molecule has 1 aliphatic heterocycles. The zero-order chi connectivity index (χ0) is 11.4. The number of nitrogens with zero attached hydrogens (tertiary/aromatic N) is 3. The normalized spacial score (nSPS) is 17.7. The molecule has 88 valence electrons. The van der Waals surface area contributed by atoms with Gasteiger partial charge in [-0.2, -0.15) is 0 Å². The molecule has 16 heavy (non-hydrogen) atoms. The number of hydrogen-bond acceptors (Lipinski definition) is 4. The first kappa shape index (κ1) is 11.9. The Morgan fingerprint density at radius 2 is 2.19 bits per heavy atom. The monoisotopic (exact) mass is 257 g/mol. The zero-order valence-corrected chi connectivity index (χ0v) is 10.8. The predicted molar refractivity (Wildman–Crippen MR) is 70.6 cm³/mol. The molecule has 0 atom stereocenters. The summed E-state index contributed by atoms with van der Waals surface area (Å²) in [7, 11) is 0. The summed E-state index contributed by atoms with van der Waals surface area (Å²) in [4.78, 5) is 9.06. The van der Waals surface area contributed by atoms with Crippen LogP contribution in [0.2, 0.25) is 0 Å². The minimum absolute atomic E-state index is 0.562. The average molecular weight is 258 g/mol. The molecule has 1 aromatic heterocycles. The molecule has 0 aromatic carbocycles. The molecule has 1 aliphatic rings. The van der Waals surface area contributed by atoms with E-state index in [1.54, 1.807) is 11.3 Å². The Morgan fingerprint density at radius 1 is 1.44 bits per heavy atom. The molecule has 0 unspecified atom stereocenters. The van der Waals surface area contributed by atoms with Gasteiger partial charge >= 0.3 is 0 Å². The molecular formula is C11H16ClN3S. The summed E-state index contributed by atoms with van der Waals surface area (Å²) in [5.41, 5.74) is 1.10. The van der Waals surface area contributed by atoms with Crippen molar-refractivity contribution in [2.24, 2.45) is 0 Å². The first-order chi connectivity index (χ1) is 7.79. The van der Waals surface area contributed by atoms with Gasteiger partial charge in [0.2, 0.25) is 0 Å². The van der Waals surface area contributed by atoms with E-state index in [2.05, 4.69) is 21.4 Å². The third kappa shape index (κ3) is 2.97. The minimum atomic E-state index is 0.562. The van der Waals surface area contributed by atoms with Crippen molar-refractivity contribution in [3.05, 3.63) is 23.7 Å². The minimum Gasteiger partial charge on any atom is -0.346 e. The zero-order valence-electron chi connectivity index (χ0n) is 9.23. The van der Waals surface area contributed by atoms with E-state index in [9.17, 15) is 0 Å². The molecule has 0 bridgehead atoms. The van der Waals surface area contributed by atoms with Gasteiger partial charge in [-0.05, 0) is 5.57 Å². The number of piperazine rings is 1. The van der Waals surface area contributed by atoms with E-state index in [1.165, 1.54) is 0 Å². The van der Waals surface area contributed by atoms with Crippen molar-refractivity contribution < 1.29 is 0 Å². The first-order valence-corrected chi connectivity index (χ1v) is 6.80. The van der Waals surface area contributed by atoms with Crippen LogP contribution in [-0.2, 0) is 0 Å². The van der Waals surface area contributed by atoms with Crippen LogP contribution in [0, 0.1) is 0 Å². The number of aromatic nitrogens is 1. The third-order valence-corrected chi connectivity index (χ3v) is 3.91. The lowest BCUT2D eigenvalue weighted by Gasteiger charge is -2.34. The fourth-order valence-electron chi connectivity index (χ4n) is 1.83. The van der Waals surface area contributed by atoms with Gasteiger partial charge in [0.15, 0.2) is 5.13 Å². The maximum Gasteiger partial charge on any atom is 0.185 e. The van der Waals surface area contributed by atoms with E-state index in [0.29, 0.717) is 5.88 Å². The van der Waals surface area contributed by atoms with Gasteiger partial charge in [-0.1, -0.05) is 6.58 Å². The Morgan fingerprint density at radius 3 is 2.75 bits per heavy atom. The highest BCUT2D eigenvalue weighted by Gasteiger charge is 2.18. The van der Waals surface area contributed by atoms with Gasteiger partial charge in [0.1, 0.15) is 0 Å². The molecule has 5 heteroatoms. The lowest BCUT2D eigenvalue weighted by molar-refractivity contribution is 0.278. The molecule has 1 aromatic rings. The second-order valence-electron chi connectivity index (χ2n) is 3.96. The maximum absolute atomic E-state index is 5.74. The van der Waals surface area contributed by atoms with E-state index in [-0.39, 0.29) is 0 Å². The van der Waals surface area contributed by atoms with Crippen molar-refractivity contribution >= 4 is 28.1 Å². The fourth-order valence-corrected chi connectivity index (χ4v) is 2.61. The van der Waals surface area contributed by atoms with Crippen LogP contribution in [0.25, 0.3) is 0 Å². The molecule has 0 saturated carbocycles. The molecule has 0 radical (unpaired) electrons. The molecule has 1 saturated heterocycles. The van der Waals surface area contributed by atoms with Crippen LogP contribution >= 0.6 is 22.9 Å². The largest absolute Gasteiger partial charge is 0.346 e. The Kier molecular flexibility index (Phi) is 4.21. The van der Waals surface area contributed by atoms with Crippen molar-refractivity contribution in [2.75, 3.05) is 43.5 Å². The molecule has 2 rings (SSSR count). The van der Waals surface area contributed by atoms with E-state index in [0.717, 1.165) is 43.4 Å². The molecule has 1 fully saturated rings. The number of hydrogen-bond donors (Lipinski definition) is 0. The van der Waals surface area contributed by atoms with Crippen LogP contribution in [0.15, 0.2) is 23.7 Å². The SMILES string of the molecule is C=C(CCl)CN1CCN(c2nccs2)CC1. The van der Waals surface area contributed by atoms with Crippen LogP contribution in [0.4, 0.5) is 5.13 Å². The summed E-state index contributed by atoms with van der Waals surface area (Å²) < 4.78 is 0. The summed E-state index contributed by atoms with van der Waals surface area (Å²) in [5, 5.41) is 3.16. The molecule has 3 nitrogen and oxygen atoms in total. The lowest BCUT2D eigenvalue weighted by Crippen LogP contribution is -2.46. The average Bonchev–Trinajstić information content (AvgIpc) is 2.83. The van der Waals surface area contributed by atoms with Crippen LogP contribution < -0.4 is 4.90 Å². The van der Waals surface area contributed by atoms with Gasteiger partial charge in [-0.25, -0.2) is 4.98 Å². The highest BCUT2D eigenvalue weighted by molar-refractivity contribution is 7.13. The Labute approximate surface area is 105 Å². The summed E-state index contributed by atoms with van der Waals surface area (Å²) in [6.07, 6.45) is 1.86. The molecule has 0 aliphatic carbocycles. The summed E-state index contributed by atoms with van der Waals surface area (Å²) in [6, 6.07) is 0. The predicted octanol–water partition coefficient (Wildman–Crippen LogP) is 2.06. The topological polar surface area (TPSA) is 19.4 Å². The van der Waals surface area contributed by atoms with Crippen molar-refractivity contribution in [2.45, 2.75) is 0 Å². The van der Waals surface area contributed by atoms with Crippen molar-refractivity contribution in [3.8, 4) is 0 Å². The van der Waals surface area contributed by atoms with Crippen LogP contribution in [-0.4, -0.2) is 48.5 Å². The highest BCUT2D eigenvalue weighted by Crippen LogP contribution is 2.19. The molecule has 0 amide bonds. The maximum atomic E-state index is 5.74. The van der Waals surface area contributed by atoms with Crippen molar-refractivity contribution in [3.63, 3.8) is 0 Å².